The number of aliphatic hydroxyl groups is 11. The van der Waals surface area contributed by atoms with Gasteiger partial charge in [0, 0.05) is 67.4 Å². The lowest BCUT2D eigenvalue weighted by Gasteiger charge is -2.33. The van der Waals surface area contributed by atoms with E-state index in [1.807, 2.05) is 0 Å². The Hall–Kier alpha value is -8.38. The normalized spacial score (nSPS) is 17.0. The quantitative estimate of drug-likeness (QED) is 0.0135. The predicted molar refractivity (Wildman–Crippen MR) is 472 cm³/mol. The van der Waals surface area contributed by atoms with Gasteiger partial charge in [-0.2, -0.15) is 0 Å². The van der Waals surface area contributed by atoms with Gasteiger partial charge in [-0.3, -0.25) is 28.9 Å². The molecule has 2 aromatic heterocycles. The molecule has 0 bridgehead atoms. The predicted octanol–water partition coefficient (Wildman–Crippen LogP) is -3.17. The number of halogens is 1. The maximum Gasteiger partial charge on any atom is 0.407 e. The van der Waals surface area contributed by atoms with E-state index in [-0.39, 0.29) is 122 Å². The number of aliphatic hydroxyl groups excluding tert-OH is 10. The van der Waals surface area contributed by atoms with Crippen molar-refractivity contribution in [3.63, 3.8) is 0 Å². The van der Waals surface area contributed by atoms with Crippen molar-refractivity contribution >= 4 is 58.3 Å². The number of nitrogens with one attached hydrogen (secondary N) is 6. The molecule has 7 rings (SSSR count). The first-order chi connectivity index (χ1) is 63.9. The fourth-order valence-corrected chi connectivity index (χ4v) is 14.7. The Balaban J connectivity index is 0.638. The van der Waals surface area contributed by atoms with Crippen LogP contribution in [0.1, 0.15) is 117 Å². The van der Waals surface area contributed by atoms with Crippen molar-refractivity contribution in [3.05, 3.63) is 91.5 Å². The molecule has 0 radical (unpaired) electrons. The van der Waals surface area contributed by atoms with E-state index in [0.29, 0.717) is 201 Å². The zero-order chi connectivity index (χ0) is 96.8. The number of alkyl carbamates (subject to hydrolysis) is 1. The average molecular weight is 1900 g/mol. The largest absolute Gasteiger partial charge is 0.458 e. The maximum absolute atomic E-state index is 15.5. The van der Waals surface area contributed by atoms with E-state index in [4.69, 9.17) is 93.0 Å². The number of nitrogens with zero attached hydrogens (tertiary/aromatic N) is 3. The third-order valence-electron chi connectivity index (χ3n) is 22.4. The molecule has 3 aliphatic rings. The Kier molecular flexibility index (Phi) is 50.6. The van der Waals surface area contributed by atoms with E-state index in [0.717, 1.165) is 5.56 Å². The van der Waals surface area contributed by atoms with Crippen LogP contribution in [0, 0.1) is 18.7 Å². The summed E-state index contributed by atoms with van der Waals surface area (Å²) in [4.78, 5) is 112. The molecule has 44 nitrogen and oxygen atoms in total. The highest BCUT2D eigenvalue weighted by Gasteiger charge is 2.47. The number of hydrogen-bond donors (Lipinski definition) is 19. The van der Waals surface area contributed by atoms with Crippen LogP contribution in [0.4, 0.5) is 19.7 Å². The summed E-state index contributed by atoms with van der Waals surface area (Å²) in [5.74, 6) is -3.87. The van der Waals surface area contributed by atoms with Crippen LogP contribution in [0.25, 0.3) is 22.3 Å². The van der Waals surface area contributed by atoms with E-state index < -0.39 is 158 Å². The van der Waals surface area contributed by atoms with Crippen LogP contribution in [0.15, 0.2) is 41.2 Å². The third kappa shape index (κ3) is 36.6. The maximum atomic E-state index is 15.5. The second-order valence-electron chi connectivity index (χ2n) is 32.4. The highest BCUT2D eigenvalue weighted by Crippen LogP contribution is 2.46. The number of ether oxygens (including phenoxy) is 14. The number of carbonyl (C=O) groups is 7. The number of rotatable bonds is 71. The van der Waals surface area contributed by atoms with Crippen molar-refractivity contribution < 1.29 is 160 Å². The van der Waals surface area contributed by atoms with Gasteiger partial charge in [-0.15, -0.1) is 0 Å². The fraction of sp³-hybridized carbons (Fsp3) is 0.693. The molecule has 45 heteroatoms. The minimum Gasteiger partial charge on any atom is -0.458 e. The van der Waals surface area contributed by atoms with Gasteiger partial charge in [-0.05, 0) is 105 Å². The molecule has 0 spiro atoms. The average Bonchev–Trinajstić information content (AvgIpc) is 1.57. The highest BCUT2D eigenvalue weighted by atomic mass is 19.1. The Bertz CT molecular complexity index is 4230. The van der Waals surface area contributed by atoms with Crippen molar-refractivity contribution in [2.45, 2.75) is 184 Å². The molecule has 0 saturated heterocycles. The van der Waals surface area contributed by atoms with Crippen molar-refractivity contribution in [1.82, 2.24) is 41.0 Å². The molecule has 2 aliphatic heterocycles. The lowest BCUT2D eigenvalue weighted by molar-refractivity contribution is -0.172. The zero-order valence-corrected chi connectivity index (χ0v) is 76.2. The number of esters is 1. The Morgan fingerprint density at radius 3 is 1.59 bits per heavy atom. The smallest absolute Gasteiger partial charge is 0.407 e. The monoisotopic (exact) mass is 1900 g/mol. The first-order valence-corrected chi connectivity index (χ1v) is 45.1. The van der Waals surface area contributed by atoms with Gasteiger partial charge in [-0.1, -0.05) is 32.9 Å². The summed E-state index contributed by atoms with van der Waals surface area (Å²) in [5.41, 5.74) is 13.6. The molecule has 133 heavy (non-hydrogen) atoms. The number of aryl methyl sites for hydroxylation is 1. The van der Waals surface area contributed by atoms with Crippen LogP contribution in [0.2, 0.25) is 0 Å². The molecule has 13 atom stereocenters. The second kappa shape index (κ2) is 60.3. The topological polar surface area (TPSA) is 634 Å². The SMILES string of the molecule is CC[C@@]1(O)C(=O)OCc2c1cc1n(c2=O)Cc2c-1nc1cc(F)c(C)c3c1c2[C@@H](NC(=O)OCc1ccc(NC(=O)[C@H](CCCNC(N)=O)NC(=O)[C@@H](NC(=O)[C@@H](N)CCCCNC(=O)CCOCCOCCOCCOCCOCCOCCOCCOCCOCCOCCOCCOCCN(C[C@@H](O)[C@H](O)[C@@H](O)[C@@H](O)CO)C[C@@H](O)[C@H](O)[C@@H](O)[C@@H](O)CO)C(C)C)cc1)CC3. The summed E-state index contributed by atoms with van der Waals surface area (Å²) in [6.45, 7) is 11.7. The minimum atomic E-state index is -2.07. The molecule has 4 aromatic rings. The summed E-state index contributed by atoms with van der Waals surface area (Å²) in [7, 11) is 0. The second-order valence-corrected chi connectivity index (χ2v) is 32.4. The number of carbonyl (C=O) groups excluding carboxylic acids is 7. The lowest BCUT2D eigenvalue weighted by atomic mass is 9.81. The standard InChI is InChI=1S/C88H138FN11O33/c1-5-88(119)61-45-67-76-59(47-100(67)84(115)60(61)53-132-85(88)116)74-64(16-15-58-55(4)62(89)46-66(95-76)73(58)74)97-87(118)133-52-56-11-13-57(14-12-56)94-82(113)65(10-8-19-93-86(91)117)96-83(114)75(54(2)3)98-81(112)63(90)9-6-7-18-92-72(107)17-21-120-23-25-122-27-29-124-31-33-126-35-37-128-39-41-130-43-44-131-42-40-129-38-36-127-34-32-125-30-28-123-26-24-121-22-20-99(48-68(103)77(108)79(110)70(105)50-101)49-69(104)78(109)80(111)71(106)51-102/h11-14,45-46,54,63-65,68-71,75,77-80,101-106,108-111,119H,5-10,15-44,47-53,90H2,1-4H3,(H,92,107)(H,94,113)(H,96,114)(H,97,118)(H,98,112)(H3,91,93,117)/t63-,64-,65-,68+,69+,70-,71-,75-,77-,78-,79-,80-,88-/m0/s1. The molecule has 21 N–H and O–H groups in total. The minimum absolute atomic E-state index is 0.00623. The van der Waals surface area contributed by atoms with Crippen molar-refractivity contribution in [2.24, 2.45) is 17.4 Å². The summed E-state index contributed by atoms with van der Waals surface area (Å²) in [6, 6.07) is 4.60. The number of cyclic esters (lactones) is 1. The van der Waals surface area contributed by atoms with Crippen molar-refractivity contribution in [3.8, 4) is 11.4 Å². The van der Waals surface area contributed by atoms with E-state index >= 15 is 4.39 Å². The number of primary amides is 1. The molecular formula is C88H138FN11O33. The molecule has 0 saturated carbocycles. The molecule has 0 unspecified atom stereocenters. The van der Waals surface area contributed by atoms with Gasteiger partial charge in [0.1, 0.15) is 67.7 Å². The molecule has 0 fully saturated rings. The number of pyridine rings is 2. The Morgan fingerprint density at radius 2 is 1.10 bits per heavy atom. The number of fused-ring (bicyclic) bond motifs is 5. The fourth-order valence-electron chi connectivity index (χ4n) is 14.7. The molecule has 1 aliphatic carbocycles. The molecule has 7 amide bonds. The van der Waals surface area contributed by atoms with Crippen LogP contribution >= 0.6 is 0 Å². The molecule has 2 aromatic carbocycles. The van der Waals surface area contributed by atoms with Gasteiger partial charge in [0.25, 0.3) is 5.56 Å². The van der Waals surface area contributed by atoms with Crippen LogP contribution in [-0.4, -0.2) is 384 Å². The van der Waals surface area contributed by atoms with Crippen LogP contribution in [-0.2, 0) is 122 Å². The molecule has 4 heterocycles. The molecule has 750 valence electrons. The number of aromatic nitrogens is 2. The van der Waals surface area contributed by atoms with Gasteiger partial charge < -0.3 is 170 Å². The first kappa shape index (κ1) is 112. The first-order valence-electron chi connectivity index (χ1n) is 45.1. The molecular weight excluding hydrogens is 1760 g/mol. The summed E-state index contributed by atoms with van der Waals surface area (Å²) >= 11 is 0. The Morgan fingerprint density at radius 1 is 0.609 bits per heavy atom. The lowest BCUT2D eigenvalue weighted by Crippen LogP contribution is -2.56. The number of hydrogen-bond acceptors (Lipinski definition) is 36. The van der Waals surface area contributed by atoms with Gasteiger partial charge >= 0.3 is 18.1 Å². The summed E-state index contributed by atoms with van der Waals surface area (Å²) in [6.07, 6.45) is -12.9. The van der Waals surface area contributed by atoms with Crippen molar-refractivity contribution in [1.29, 1.82) is 0 Å². The number of benzene rings is 2. The number of urea groups is 1. The number of anilines is 1. The van der Waals surface area contributed by atoms with Crippen LogP contribution in [0.3, 0.4) is 0 Å². The zero-order valence-electron chi connectivity index (χ0n) is 76.2. The number of nitrogens with two attached hydrogens (primary N) is 2. The summed E-state index contributed by atoms with van der Waals surface area (Å²) < 4.78 is 94.3. The van der Waals surface area contributed by atoms with Gasteiger partial charge in [0.15, 0.2) is 5.60 Å². The van der Waals surface area contributed by atoms with Crippen LogP contribution < -0.4 is 48.9 Å². The summed E-state index contributed by atoms with van der Waals surface area (Å²) in [5, 5.41) is 128. The van der Waals surface area contributed by atoms with Gasteiger partial charge in [0.05, 0.1) is 225 Å². The van der Waals surface area contributed by atoms with E-state index in [9.17, 15) is 84.3 Å². The van der Waals surface area contributed by atoms with Gasteiger partial charge in [0.2, 0.25) is 23.6 Å². The highest BCUT2D eigenvalue weighted by molar-refractivity contribution is 5.99. The van der Waals surface area contributed by atoms with Gasteiger partial charge in [-0.25, -0.2) is 23.8 Å². The van der Waals surface area contributed by atoms with E-state index in [2.05, 4.69) is 31.9 Å². The van der Waals surface area contributed by atoms with E-state index in [1.54, 1.807) is 58.0 Å². The number of amides is 7. The Labute approximate surface area is 770 Å². The van der Waals surface area contributed by atoms with Crippen molar-refractivity contribution in [2.75, 3.05) is 210 Å². The van der Waals surface area contributed by atoms with E-state index in [1.165, 1.54) is 15.5 Å². The number of unbranched alkanes of at least 4 members (excludes halogenated alkanes) is 1. The van der Waals surface area contributed by atoms with Crippen LogP contribution in [0.5, 0.6) is 0 Å². The third-order valence-corrected chi connectivity index (χ3v) is 22.4.